The van der Waals surface area contributed by atoms with Crippen molar-refractivity contribution in [3.05, 3.63) is 108 Å². The van der Waals surface area contributed by atoms with E-state index in [1.54, 1.807) is 59.2 Å². The van der Waals surface area contributed by atoms with Gasteiger partial charge in [0.25, 0.3) is 5.91 Å². The van der Waals surface area contributed by atoms with Crippen LogP contribution in [0.15, 0.2) is 84.9 Å². The largest absolute Gasteiger partial charge is 0.469 e. The Bertz CT molecular complexity index is 1630. The Hall–Kier alpha value is -4.64. The number of carbonyl (C=O) groups excluding carboxylic acids is 2. The molecule has 10 heteroatoms. The van der Waals surface area contributed by atoms with Gasteiger partial charge in [-0.15, -0.1) is 0 Å². The highest BCUT2D eigenvalue weighted by molar-refractivity contribution is 6.12. The maximum atomic E-state index is 14.5. The van der Waals surface area contributed by atoms with Gasteiger partial charge in [-0.1, -0.05) is 48.5 Å². The van der Waals surface area contributed by atoms with Gasteiger partial charge in [0.05, 0.1) is 38.5 Å². The Morgan fingerprint density at radius 1 is 0.867 bits per heavy atom. The van der Waals surface area contributed by atoms with E-state index >= 15 is 0 Å². The van der Waals surface area contributed by atoms with Crippen LogP contribution in [0.3, 0.4) is 0 Å². The Labute approximate surface area is 260 Å². The number of methoxy groups -OCH3 is 1. The second-order valence-corrected chi connectivity index (χ2v) is 10.7. The average Bonchev–Trinajstić information content (AvgIpc) is 3.37. The Morgan fingerprint density at radius 2 is 1.42 bits per heavy atom. The number of anilines is 1. The normalized spacial score (nSPS) is 12.8. The van der Waals surface area contributed by atoms with Crippen molar-refractivity contribution in [1.29, 1.82) is 0 Å². The zero-order valence-corrected chi connectivity index (χ0v) is 25.5. The van der Waals surface area contributed by atoms with Crippen LogP contribution in [0.25, 0.3) is 28.3 Å². The molecule has 45 heavy (non-hydrogen) atoms. The fourth-order valence-electron chi connectivity index (χ4n) is 5.21. The zero-order valence-electron chi connectivity index (χ0n) is 25.5. The van der Waals surface area contributed by atoms with Gasteiger partial charge in [-0.3, -0.25) is 14.4 Å². The predicted octanol–water partition coefficient (Wildman–Crippen LogP) is 6.58. The molecule has 0 saturated heterocycles. The summed E-state index contributed by atoms with van der Waals surface area (Å²) in [6, 6.07) is 19.9. The van der Waals surface area contributed by atoms with Crippen LogP contribution in [0.4, 0.5) is 14.5 Å². The number of esters is 1. The van der Waals surface area contributed by atoms with E-state index in [2.05, 4.69) is 4.74 Å². The highest BCUT2D eigenvalue weighted by atomic mass is 19.1. The summed E-state index contributed by atoms with van der Waals surface area (Å²) in [5, 5.41) is 22.2. The molecular formula is C35H36F2N2O6. The van der Waals surface area contributed by atoms with Crippen LogP contribution in [-0.4, -0.2) is 53.1 Å². The lowest BCUT2D eigenvalue weighted by Gasteiger charge is -2.23. The molecule has 4 rings (SSSR count). The first-order valence-electron chi connectivity index (χ1n) is 14.4. The monoisotopic (exact) mass is 618 g/mol. The van der Waals surface area contributed by atoms with Gasteiger partial charge < -0.3 is 19.5 Å². The molecule has 0 radical (unpaired) electrons. The number of carbonyl (C=O) groups is 2. The van der Waals surface area contributed by atoms with Crippen molar-refractivity contribution in [2.45, 2.75) is 44.9 Å². The molecule has 236 valence electrons. The SMILES string of the molecule is COC(=O)CC(O)CC(O)C=Cc1c(-c2ccc(F)cc2)c(-c2ccc(F)cc2)c(C(=O)N(OC)c2ccccc2)n1C(C)C. The van der Waals surface area contributed by atoms with Crippen LogP contribution in [0.5, 0.6) is 0 Å². The fraction of sp³-hybridized carbons (Fsp3) is 0.257. The fourth-order valence-corrected chi connectivity index (χ4v) is 5.21. The smallest absolute Gasteiger partial charge is 0.308 e. The minimum Gasteiger partial charge on any atom is -0.469 e. The first kappa shape index (κ1) is 33.3. The first-order chi connectivity index (χ1) is 21.5. The molecule has 0 aliphatic heterocycles. The van der Waals surface area contributed by atoms with Gasteiger partial charge >= 0.3 is 5.97 Å². The molecular weight excluding hydrogens is 582 g/mol. The van der Waals surface area contributed by atoms with Crippen molar-refractivity contribution in [3.63, 3.8) is 0 Å². The van der Waals surface area contributed by atoms with E-state index in [1.807, 2.05) is 19.9 Å². The Balaban J connectivity index is 2.00. The molecule has 0 spiro atoms. The second-order valence-electron chi connectivity index (χ2n) is 10.7. The number of amides is 1. The number of halogens is 2. The number of aromatic nitrogens is 1. The van der Waals surface area contributed by atoms with Crippen LogP contribution in [-0.2, 0) is 14.4 Å². The lowest BCUT2D eigenvalue weighted by Crippen LogP contribution is -2.32. The van der Waals surface area contributed by atoms with Gasteiger partial charge in [0.15, 0.2) is 0 Å². The Kier molecular flexibility index (Phi) is 11.0. The number of para-hydroxylation sites is 1. The Morgan fingerprint density at radius 3 is 1.93 bits per heavy atom. The standard InChI is InChI=1S/C35H36F2N2O6/c1-22(2)38-30(19-18-28(40)20-29(41)21-31(42)44-3)32(23-10-14-25(36)15-11-23)33(24-12-16-26(37)17-13-24)34(38)35(43)39(45-4)27-8-6-5-7-9-27/h5-19,22,28-29,40-41H,20-21H2,1-4H3. The summed E-state index contributed by atoms with van der Waals surface area (Å²) in [7, 11) is 2.59. The van der Waals surface area contributed by atoms with Crippen LogP contribution < -0.4 is 5.06 Å². The zero-order chi connectivity index (χ0) is 32.7. The topological polar surface area (TPSA) is 101 Å². The number of ether oxygens (including phenoxy) is 1. The lowest BCUT2D eigenvalue weighted by atomic mass is 9.94. The van der Waals surface area contributed by atoms with Crippen LogP contribution in [0.2, 0.25) is 0 Å². The van der Waals surface area contributed by atoms with Gasteiger partial charge in [-0.2, -0.15) is 5.06 Å². The van der Waals surface area contributed by atoms with E-state index in [-0.39, 0.29) is 24.6 Å². The highest BCUT2D eigenvalue weighted by Crippen LogP contribution is 2.43. The second kappa shape index (κ2) is 14.9. The van der Waals surface area contributed by atoms with Crippen molar-refractivity contribution in [3.8, 4) is 22.3 Å². The van der Waals surface area contributed by atoms with Gasteiger partial charge in [0, 0.05) is 29.3 Å². The van der Waals surface area contributed by atoms with Crippen molar-refractivity contribution >= 4 is 23.6 Å². The summed E-state index contributed by atoms with van der Waals surface area (Å²) < 4.78 is 34.6. The summed E-state index contributed by atoms with van der Waals surface area (Å²) in [6.45, 7) is 3.76. The number of aliphatic hydroxyl groups excluding tert-OH is 2. The van der Waals surface area contributed by atoms with Crippen molar-refractivity contribution in [2.24, 2.45) is 0 Å². The summed E-state index contributed by atoms with van der Waals surface area (Å²) >= 11 is 0. The minimum atomic E-state index is -1.17. The molecule has 1 aromatic heterocycles. The van der Waals surface area contributed by atoms with E-state index in [0.717, 1.165) is 5.06 Å². The number of aliphatic hydroxyl groups is 2. The molecule has 2 N–H and O–H groups in total. The van der Waals surface area contributed by atoms with E-state index in [1.165, 1.54) is 44.6 Å². The number of rotatable bonds is 12. The predicted molar refractivity (Wildman–Crippen MR) is 168 cm³/mol. The van der Waals surface area contributed by atoms with Crippen molar-refractivity contribution in [1.82, 2.24) is 4.57 Å². The summed E-state index contributed by atoms with van der Waals surface area (Å²) in [5.41, 5.74) is 3.23. The van der Waals surface area contributed by atoms with Gasteiger partial charge in [-0.05, 0) is 67.4 Å². The summed E-state index contributed by atoms with van der Waals surface area (Å²) in [5.74, 6) is -2.05. The molecule has 4 aromatic rings. The molecule has 8 nitrogen and oxygen atoms in total. The van der Waals surface area contributed by atoms with Gasteiger partial charge in [0.2, 0.25) is 0 Å². The quantitative estimate of drug-likeness (QED) is 0.138. The van der Waals surface area contributed by atoms with Crippen molar-refractivity contribution in [2.75, 3.05) is 19.3 Å². The molecule has 1 amide bonds. The van der Waals surface area contributed by atoms with Crippen LogP contribution in [0, 0.1) is 11.6 Å². The molecule has 3 aromatic carbocycles. The average molecular weight is 619 g/mol. The molecule has 2 atom stereocenters. The van der Waals surface area contributed by atoms with Crippen LogP contribution in [0.1, 0.15) is 48.9 Å². The van der Waals surface area contributed by atoms with Crippen molar-refractivity contribution < 1.29 is 38.2 Å². The first-order valence-corrected chi connectivity index (χ1v) is 14.4. The van der Waals surface area contributed by atoms with E-state index in [4.69, 9.17) is 4.84 Å². The highest BCUT2D eigenvalue weighted by Gasteiger charge is 2.33. The number of hydrogen-bond donors (Lipinski definition) is 2. The molecule has 0 aliphatic carbocycles. The summed E-state index contributed by atoms with van der Waals surface area (Å²) in [4.78, 5) is 31.7. The van der Waals surface area contributed by atoms with E-state index in [0.29, 0.717) is 33.6 Å². The minimum absolute atomic E-state index is 0.151. The number of hydroxylamine groups is 1. The summed E-state index contributed by atoms with van der Waals surface area (Å²) in [6.07, 6.45) is 0.313. The molecule has 0 saturated carbocycles. The molecule has 0 fully saturated rings. The van der Waals surface area contributed by atoms with E-state index < -0.39 is 35.7 Å². The molecule has 0 bridgehead atoms. The number of nitrogens with zero attached hydrogens (tertiary/aromatic N) is 2. The third kappa shape index (κ3) is 7.72. The number of benzene rings is 3. The van der Waals surface area contributed by atoms with Gasteiger partial charge in [0.1, 0.15) is 17.3 Å². The van der Waals surface area contributed by atoms with E-state index in [9.17, 15) is 28.6 Å². The molecule has 2 unspecified atom stereocenters. The third-order valence-corrected chi connectivity index (χ3v) is 7.21. The molecule has 0 aliphatic rings. The lowest BCUT2D eigenvalue weighted by molar-refractivity contribution is -0.143. The van der Waals surface area contributed by atoms with Gasteiger partial charge in [-0.25, -0.2) is 8.78 Å². The maximum absolute atomic E-state index is 14.5. The molecule has 1 heterocycles. The third-order valence-electron chi connectivity index (χ3n) is 7.21. The maximum Gasteiger partial charge on any atom is 0.308 e. The van der Waals surface area contributed by atoms with Crippen LogP contribution >= 0.6 is 0 Å². The number of hydrogen-bond acceptors (Lipinski definition) is 6.